The van der Waals surface area contributed by atoms with E-state index in [-0.39, 0.29) is 0 Å². The highest BCUT2D eigenvalue weighted by atomic mass is 16.3. The second-order valence-electron chi connectivity index (χ2n) is 19.6. The van der Waals surface area contributed by atoms with Crippen molar-refractivity contribution in [3.63, 3.8) is 0 Å². The first kappa shape index (κ1) is 44.0. The predicted octanol–water partition coefficient (Wildman–Crippen LogP) is 19.8. The molecule has 0 unspecified atom stereocenters. The van der Waals surface area contributed by atoms with Crippen LogP contribution in [0.5, 0.6) is 0 Å². The first-order valence-corrected chi connectivity index (χ1v) is 25.8. The summed E-state index contributed by atoms with van der Waals surface area (Å²) in [6, 6.07) is 109. The van der Waals surface area contributed by atoms with Gasteiger partial charge in [-0.3, -0.25) is 0 Å². The summed E-state index contributed by atoms with van der Waals surface area (Å²) in [4.78, 5) is 2.49. The van der Waals surface area contributed by atoms with E-state index < -0.39 is 5.41 Å². The maximum Gasteiger partial charge on any atom is 0.135 e. The number of benzene rings is 12. The molecule has 13 aromatic rings. The lowest BCUT2D eigenvalue weighted by atomic mass is 9.67. The van der Waals surface area contributed by atoms with Gasteiger partial charge in [0.25, 0.3) is 0 Å². The molecule has 1 aliphatic carbocycles. The van der Waals surface area contributed by atoms with Gasteiger partial charge in [0.1, 0.15) is 11.2 Å². The van der Waals surface area contributed by atoms with Gasteiger partial charge in [0.2, 0.25) is 0 Å². The average Bonchev–Trinajstić information content (AvgIpc) is 4.11. The molecule has 2 heteroatoms. The van der Waals surface area contributed by atoms with Crippen molar-refractivity contribution in [1.29, 1.82) is 0 Å². The Morgan fingerprint density at radius 1 is 0.253 bits per heavy atom. The molecule has 0 bridgehead atoms. The Hall–Kier alpha value is -9.76. The first-order chi connectivity index (χ1) is 37.2. The largest absolute Gasteiger partial charge is 0.456 e. The van der Waals surface area contributed by atoms with Gasteiger partial charge in [-0.1, -0.05) is 243 Å². The number of para-hydroxylation sites is 1. The van der Waals surface area contributed by atoms with E-state index in [0.717, 1.165) is 72.4 Å². The van der Waals surface area contributed by atoms with Crippen molar-refractivity contribution < 1.29 is 4.42 Å². The minimum atomic E-state index is -0.637. The highest BCUT2D eigenvalue weighted by Gasteiger charge is 2.46. The Bertz CT molecular complexity index is 4140. The third-order valence-corrected chi connectivity index (χ3v) is 15.4. The Morgan fingerprint density at radius 3 is 1.28 bits per heavy atom. The van der Waals surface area contributed by atoms with Crippen molar-refractivity contribution >= 4 is 39.0 Å². The molecule has 75 heavy (non-hydrogen) atoms. The lowest BCUT2D eigenvalue weighted by Crippen LogP contribution is -2.28. The Kier molecular flexibility index (Phi) is 10.8. The van der Waals surface area contributed by atoms with Gasteiger partial charge in [-0.25, -0.2) is 0 Å². The molecule has 1 aliphatic rings. The number of nitrogens with zero attached hydrogens (tertiary/aromatic N) is 1. The van der Waals surface area contributed by atoms with Crippen LogP contribution >= 0.6 is 0 Å². The second-order valence-corrected chi connectivity index (χ2v) is 19.6. The summed E-state index contributed by atoms with van der Waals surface area (Å²) in [6.07, 6.45) is 0. The van der Waals surface area contributed by atoms with Crippen LogP contribution in [0.25, 0.3) is 88.7 Å². The monoisotopic (exact) mass is 955 g/mol. The molecule has 0 aliphatic heterocycles. The molecule has 14 rings (SSSR count). The van der Waals surface area contributed by atoms with Gasteiger partial charge in [-0.15, -0.1) is 0 Å². The van der Waals surface area contributed by atoms with Crippen molar-refractivity contribution in [2.24, 2.45) is 0 Å². The molecule has 0 amide bonds. The molecule has 12 aromatic carbocycles. The fraction of sp³-hybridized carbons (Fsp3) is 0.0137. The van der Waals surface area contributed by atoms with E-state index in [1.54, 1.807) is 0 Å². The number of fused-ring (bicyclic) bond motifs is 6. The summed E-state index contributed by atoms with van der Waals surface area (Å²) in [5.74, 6) is 0. The molecule has 1 heterocycles. The number of anilines is 3. The van der Waals surface area contributed by atoms with Gasteiger partial charge in [0.15, 0.2) is 0 Å². The molecule has 0 fully saturated rings. The summed E-state index contributed by atoms with van der Waals surface area (Å²) in [6.45, 7) is 0. The van der Waals surface area contributed by atoms with Crippen LogP contribution in [0.15, 0.2) is 302 Å². The molecule has 0 spiro atoms. The minimum absolute atomic E-state index is 0.637. The van der Waals surface area contributed by atoms with Crippen LogP contribution in [0.1, 0.15) is 22.3 Å². The summed E-state index contributed by atoms with van der Waals surface area (Å²) in [5, 5.41) is 2.24. The van der Waals surface area contributed by atoms with Crippen LogP contribution in [0.3, 0.4) is 0 Å². The van der Waals surface area contributed by atoms with Gasteiger partial charge in [-0.2, -0.15) is 0 Å². The maximum atomic E-state index is 6.25. The van der Waals surface area contributed by atoms with E-state index in [2.05, 4.69) is 290 Å². The molecule has 0 N–H and O–H groups in total. The molecular weight excluding hydrogens is 907 g/mol. The SMILES string of the molecule is c1ccc(-c2ccc(-c3ccc(-c4ccccc4)cc3N(c3ccc(-c4ccc5oc6ccccc6c5c4)cc3)c3ccc4c(c3)C(c3ccccc3)(c3ccccc3)c3cc(-c5ccccc5)ccc3-4)cc2)cc1. The average molecular weight is 956 g/mol. The molecule has 0 saturated heterocycles. The van der Waals surface area contributed by atoms with Crippen molar-refractivity contribution in [3.8, 4) is 66.8 Å². The van der Waals surface area contributed by atoms with E-state index in [9.17, 15) is 0 Å². The number of rotatable bonds is 10. The molecule has 1 aromatic heterocycles. The van der Waals surface area contributed by atoms with E-state index >= 15 is 0 Å². The van der Waals surface area contributed by atoms with Crippen LogP contribution in [-0.4, -0.2) is 0 Å². The van der Waals surface area contributed by atoms with Crippen LogP contribution in [0, 0.1) is 0 Å². The quantitative estimate of drug-likeness (QED) is 0.136. The summed E-state index contributed by atoms with van der Waals surface area (Å²) < 4.78 is 6.25. The zero-order valence-corrected chi connectivity index (χ0v) is 41.1. The molecule has 352 valence electrons. The van der Waals surface area contributed by atoms with Crippen LogP contribution in [-0.2, 0) is 5.41 Å². The van der Waals surface area contributed by atoms with Gasteiger partial charge >= 0.3 is 0 Å². The van der Waals surface area contributed by atoms with Crippen molar-refractivity contribution in [1.82, 2.24) is 0 Å². The van der Waals surface area contributed by atoms with Crippen LogP contribution in [0.4, 0.5) is 17.1 Å². The first-order valence-electron chi connectivity index (χ1n) is 25.8. The molecule has 0 saturated carbocycles. The molecule has 0 radical (unpaired) electrons. The number of furan rings is 1. The number of hydrogen-bond donors (Lipinski definition) is 0. The van der Waals surface area contributed by atoms with Crippen molar-refractivity contribution in [3.05, 3.63) is 320 Å². The van der Waals surface area contributed by atoms with Crippen LogP contribution < -0.4 is 4.90 Å². The van der Waals surface area contributed by atoms with Gasteiger partial charge in [-0.05, 0) is 138 Å². The minimum Gasteiger partial charge on any atom is -0.456 e. The fourth-order valence-electron chi connectivity index (χ4n) is 11.8. The fourth-order valence-corrected chi connectivity index (χ4v) is 11.8. The number of hydrogen-bond acceptors (Lipinski definition) is 2. The van der Waals surface area contributed by atoms with Crippen molar-refractivity contribution in [2.45, 2.75) is 5.41 Å². The highest BCUT2D eigenvalue weighted by molar-refractivity contribution is 6.06. The summed E-state index contributed by atoms with van der Waals surface area (Å²) >= 11 is 0. The molecule has 2 nitrogen and oxygen atoms in total. The standard InChI is InChI=1S/C73H49NO/c1-6-18-50(19-7-1)53-30-32-55(33-31-53)63-42-36-58(52-22-10-3-11-23-52)48-70(63)74(61-39-34-54(35-40-61)56-38-45-72-67(46-56)66-28-16-17-29-71(66)75-72)62-41-44-65-64-43-37-57(51-20-8-2-9-21-51)47-68(64)73(69(65)49-62,59-24-12-4-13-25-59)60-26-14-5-15-27-60/h1-49H. The normalized spacial score (nSPS) is 12.4. The second kappa shape index (κ2) is 18.4. The van der Waals surface area contributed by atoms with Gasteiger partial charge in [0.05, 0.1) is 11.1 Å². The maximum absolute atomic E-state index is 6.25. The molecular formula is C73H49NO. The Balaban J connectivity index is 1.01. The van der Waals surface area contributed by atoms with E-state index in [4.69, 9.17) is 4.42 Å². The third-order valence-electron chi connectivity index (χ3n) is 15.4. The zero-order valence-electron chi connectivity index (χ0n) is 41.1. The van der Waals surface area contributed by atoms with Gasteiger partial charge in [0, 0.05) is 27.7 Å². The van der Waals surface area contributed by atoms with Crippen LogP contribution in [0.2, 0.25) is 0 Å². The van der Waals surface area contributed by atoms with Crippen molar-refractivity contribution in [2.75, 3.05) is 4.90 Å². The lowest BCUT2D eigenvalue weighted by molar-refractivity contribution is 0.669. The summed E-state index contributed by atoms with van der Waals surface area (Å²) in [5.41, 5.74) is 23.4. The molecule has 0 atom stereocenters. The lowest BCUT2D eigenvalue weighted by Gasteiger charge is -2.35. The smallest absolute Gasteiger partial charge is 0.135 e. The van der Waals surface area contributed by atoms with E-state index in [1.165, 1.54) is 55.6 Å². The third kappa shape index (κ3) is 7.58. The summed E-state index contributed by atoms with van der Waals surface area (Å²) in [7, 11) is 0. The predicted molar refractivity (Wildman–Crippen MR) is 313 cm³/mol. The zero-order chi connectivity index (χ0) is 49.7. The van der Waals surface area contributed by atoms with Gasteiger partial charge < -0.3 is 9.32 Å². The van der Waals surface area contributed by atoms with E-state index in [0.29, 0.717) is 0 Å². The van der Waals surface area contributed by atoms with E-state index in [1.807, 2.05) is 12.1 Å². The Morgan fingerprint density at radius 2 is 0.653 bits per heavy atom. The Labute approximate surface area is 437 Å². The topological polar surface area (TPSA) is 16.4 Å². The highest BCUT2D eigenvalue weighted by Crippen LogP contribution is 2.58.